The van der Waals surface area contributed by atoms with Crippen LogP contribution in [0.3, 0.4) is 0 Å². The molecule has 4 rings (SSSR count). The van der Waals surface area contributed by atoms with Crippen LogP contribution in [0, 0.1) is 0 Å². The summed E-state index contributed by atoms with van der Waals surface area (Å²) in [5.41, 5.74) is 1.43. The first kappa shape index (κ1) is 19.8. The molecule has 0 aliphatic carbocycles. The zero-order chi connectivity index (χ0) is 21.6. The van der Waals surface area contributed by atoms with E-state index in [9.17, 15) is 15.0 Å². The zero-order valence-corrected chi connectivity index (χ0v) is 16.3. The van der Waals surface area contributed by atoms with Crippen LogP contribution in [0.1, 0.15) is 16.1 Å². The molecule has 0 saturated heterocycles. The molecule has 2 aromatic carbocycles. The van der Waals surface area contributed by atoms with E-state index < -0.39 is 17.5 Å². The summed E-state index contributed by atoms with van der Waals surface area (Å²) in [4.78, 5) is 24.7. The molecule has 0 aliphatic rings. The Labute approximate surface area is 177 Å². The van der Waals surface area contributed by atoms with Crippen molar-refractivity contribution in [2.45, 2.75) is 6.61 Å². The molecule has 8 heteroatoms. The summed E-state index contributed by atoms with van der Waals surface area (Å²) < 4.78 is 5.77. The number of benzene rings is 2. The highest BCUT2D eigenvalue weighted by molar-refractivity contribution is 6.05. The number of aromatic hydroxyl groups is 2. The normalized spacial score (nSPS) is 10.5. The quantitative estimate of drug-likeness (QED) is 0.439. The number of carbonyl (C=O) groups is 1. The fourth-order valence-corrected chi connectivity index (χ4v) is 2.81. The SMILES string of the molecule is O=C(Nc1cccc(OCc2ccccc2)c1)c1nc(-c2ccccn2)nc(O)c1O. The lowest BCUT2D eigenvalue weighted by Gasteiger charge is -2.11. The molecule has 2 heterocycles. The Morgan fingerprint density at radius 2 is 1.74 bits per heavy atom. The summed E-state index contributed by atoms with van der Waals surface area (Å²) in [7, 11) is 0. The summed E-state index contributed by atoms with van der Waals surface area (Å²) in [5.74, 6) is -1.56. The van der Waals surface area contributed by atoms with Gasteiger partial charge < -0.3 is 20.3 Å². The van der Waals surface area contributed by atoms with E-state index in [2.05, 4.69) is 20.3 Å². The largest absolute Gasteiger partial charge is 0.501 e. The molecule has 0 fully saturated rings. The summed E-state index contributed by atoms with van der Waals surface area (Å²) in [6.07, 6.45) is 1.53. The average Bonchev–Trinajstić information content (AvgIpc) is 2.81. The van der Waals surface area contributed by atoms with Crippen LogP contribution in [-0.4, -0.2) is 31.1 Å². The van der Waals surface area contributed by atoms with Gasteiger partial charge in [-0.3, -0.25) is 9.78 Å². The minimum atomic E-state index is -0.715. The number of anilines is 1. The summed E-state index contributed by atoms with van der Waals surface area (Å²) in [6, 6.07) is 21.6. The molecule has 0 spiro atoms. The first-order chi connectivity index (χ1) is 15.1. The molecule has 0 bridgehead atoms. The molecule has 0 radical (unpaired) electrons. The van der Waals surface area contributed by atoms with Crippen molar-refractivity contribution >= 4 is 11.6 Å². The van der Waals surface area contributed by atoms with Gasteiger partial charge in [-0.2, -0.15) is 4.98 Å². The molecule has 0 aliphatic heterocycles. The van der Waals surface area contributed by atoms with Crippen LogP contribution in [0.5, 0.6) is 17.4 Å². The lowest BCUT2D eigenvalue weighted by Crippen LogP contribution is -2.15. The minimum absolute atomic E-state index is 0.0148. The first-order valence-electron chi connectivity index (χ1n) is 9.39. The maximum Gasteiger partial charge on any atom is 0.278 e. The minimum Gasteiger partial charge on any atom is -0.501 e. The molecule has 0 saturated carbocycles. The van der Waals surface area contributed by atoms with Gasteiger partial charge in [-0.25, -0.2) is 4.98 Å². The molecular formula is C23H18N4O4. The van der Waals surface area contributed by atoms with E-state index in [-0.39, 0.29) is 11.5 Å². The van der Waals surface area contributed by atoms with E-state index in [4.69, 9.17) is 4.74 Å². The number of amides is 1. The van der Waals surface area contributed by atoms with Crippen LogP contribution in [-0.2, 0) is 6.61 Å². The Balaban J connectivity index is 1.52. The van der Waals surface area contributed by atoms with E-state index in [0.717, 1.165) is 5.56 Å². The Kier molecular flexibility index (Phi) is 5.70. The molecule has 0 atom stereocenters. The topological polar surface area (TPSA) is 117 Å². The standard InChI is InChI=1S/C23H18N4O4/c28-20-19(26-21(27-23(20)30)18-11-4-5-12-24-18)22(29)25-16-9-6-10-17(13-16)31-14-15-7-2-1-3-8-15/h1-13,28H,14H2,(H,25,29)(H,26,27,30). The molecule has 4 aromatic rings. The summed E-state index contributed by atoms with van der Waals surface area (Å²) in [6.45, 7) is 0.381. The maximum absolute atomic E-state index is 12.7. The monoisotopic (exact) mass is 414 g/mol. The van der Waals surface area contributed by atoms with Crippen LogP contribution < -0.4 is 10.1 Å². The molecule has 3 N–H and O–H groups in total. The van der Waals surface area contributed by atoms with Crippen molar-refractivity contribution in [3.8, 4) is 28.9 Å². The maximum atomic E-state index is 12.7. The Bertz CT molecular complexity index is 1200. The average molecular weight is 414 g/mol. The Morgan fingerprint density at radius 1 is 0.935 bits per heavy atom. The Morgan fingerprint density at radius 3 is 2.52 bits per heavy atom. The number of rotatable bonds is 6. The third-order valence-electron chi connectivity index (χ3n) is 4.31. The van der Waals surface area contributed by atoms with Gasteiger partial charge >= 0.3 is 0 Å². The number of ether oxygens (including phenoxy) is 1. The highest BCUT2D eigenvalue weighted by atomic mass is 16.5. The van der Waals surface area contributed by atoms with Crippen molar-refractivity contribution in [3.63, 3.8) is 0 Å². The second kappa shape index (κ2) is 8.91. The third kappa shape index (κ3) is 4.76. The fraction of sp³-hybridized carbons (Fsp3) is 0.0435. The lowest BCUT2D eigenvalue weighted by molar-refractivity contribution is 0.101. The van der Waals surface area contributed by atoms with Gasteiger partial charge in [0.1, 0.15) is 18.1 Å². The smallest absolute Gasteiger partial charge is 0.278 e. The lowest BCUT2D eigenvalue weighted by atomic mass is 10.2. The highest BCUT2D eigenvalue weighted by Gasteiger charge is 2.21. The van der Waals surface area contributed by atoms with Crippen molar-refractivity contribution in [1.29, 1.82) is 0 Å². The number of hydrogen-bond acceptors (Lipinski definition) is 7. The van der Waals surface area contributed by atoms with Gasteiger partial charge in [0.05, 0.1) is 0 Å². The predicted molar refractivity (Wildman–Crippen MR) is 114 cm³/mol. The van der Waals surface area contributed by atoms with Gasteiger partial charge in [-0.15, -0.1) is 0 Å². The van der Waals surface area contributed by atoms with E-state index in [1.54, 1.807) is 42.5 Å². The summed E-state index contributed by atoms with van der Waals surface area (Å²) in [5, 5.41) is 22.7. The molecule has 8 nitrogen and oxygen atoms in total. The van der Waals surface area contributed by atoms with Gasteiger partial charge in [-0.1, -0.05) is 42.5 Å². The van der Waals surface area contributed by atoms with Crippen LogP contribution in [0.15, 0.2) is 79.0 Å². The van der Waals surface area contributed by atoms with Gasteiger partial charge in [0.15, 0.2) is 11.5 Å². The fourth-order valence-electron chi connectivity index (χ4n) is 2.81. The van der Waals surface area contributed by atoms with Crippen molar-refractivity contribution in [1.82, 2.24) is 15.0 Å². The number of nitrogens with one attached hydrogen (secondary N) is 1. The number of aromatic nitrogens is 3. The molecule has 0 unspecified atom stereocenters. The molecule has 31 heavy (non-hydrogen) atoms. The van der Waals surface area contributed by atoms with E-state index in [0.29, 0.717) is 23.7 Å². The van der Waals surface area contributed by atoms with Gasteiger partial charge in [-0.05, 0) is 29.8 Å². The zero-order valence-electron chi connectivity index (χ0n) is 16.3. The van der Waals surface area contributed by atoms with Gasteiger partial charge in [0.25, 0.3) is 11.8 Å². The summed E-state index contributed by atoms with van der Waals surface area (Å²) >= 11 is 0. The van der Waals surface area contributed by atoms with E-state index in [1.807, 2.05) is 30.3 Å². The number of hydrogen-bond donors (Lipinski definition) is 3. The predicted octanol–water partition coefficient (Wildman–Crippen LogP) is 3.78. The van der Waals surface area contributed by atoms with Gasteiger partial charge in [0.2, 0.25) is 5.75 Å². The molecule has 154 valence electrons. The van der Waals surface area contributed by atoms with Crippen LogP contribution in [0.25, 0.3) is 11.5 Å². The number of carbonyl (C=O) groups excluding carboxylic acids is 1. The molecule has 1 amide bonds. The van der Waals surface area contributed by atoms with Crippen LogP contribution in [0.2, 0.25) is 0 Å². The van der Waals surface area contributed by atoms with Crippen molar-refractivity contribution in [2.75, 3.05) is 5.32 Å². The number of pyridine rings is 1. The van der Waals surface area contributed by atoms with Crippen LogP contribution in [0.4, 0.5) is 5.69 Å². The highest BCUT2D eigenvalue weighted by Crippen LogP contribution is 2.29. The second-order valence-corrected chi connectivity index (χ2v) is 6.54. The van der Waals surface area contributed by atoms with Crippen LogP contribution >= 0.6 is 0 Å². The van der Waals surface area contributed by atoms with Crippen molar-refractivity contribution < 1.29 is 19.7 Å². The number of nitrogens with zero attached hydrogens (tertiary/aromatic N) is 3. The first-order valence-corrected chi connectivity index (χ1v) is 9.39. The van der Waals surface area contributed by atoms with Gasteiger partial charge in [0, 0.05) is 18.0 Å². The Hall–Kier alpha value is -4.46. The van der Waals surface area contributed by atoms with E-state index in [1.165, 1.54) is 6.20 Å². The second-order valence-electron chi connectivity index (χ2n) is 6.54. The van der Waals surface area contributed by atoms with Crippen molar-refractivity contribution in [3.05, 3.63) is 90.3 Å². The van der Waals surface area contributed by atoms with E-state index >= 15 is 0 Å². The molecular weight excluding hydrogens is 396 g/mol. The van der Waals surface area contributed by atoms with Crippen molar-refractivity contribution in [2.24, 2.45) is 0 Å². The molecule has 2 aromatic heterocycles. The third-order valence-corrected chi connectivity index (χ3v) is 4.31.